The third kappa shape index (κ3) is 2.25. The van der Waals surface area contributed by atoms with Crippen LogP contribution >= 0.6 is 0 Å². The molecular weight excluding hydrogens is 248 g/mol. The molecule has 0 aliphatic carbocycles. The number of allylic oxidation sites excluding steroid dienone is 1. The second-order valence-corrected chi connectivity index (χ2v) is 4.45. The van der Waals surface area contributed by atoms with Crippen molar-refractivity contribution < 1.29 is 14.6 Å². The fourth-order valence-corrected chi connectivity index (χ4v) is 2.16. The number of nitrogens with zero attached hydrogens (tertiary/aromatic N) is 2. The van der Waals surface area contributed by atoms with Crippen LogP contribution in [-0.4, -0.2) is 27.2 Å². The van der Waals surface area contributed by atoms with E-state index in [1.54, 1.807) is 6.92 Å². The summed E-state index contributed by atoms with van der Waals surface area (Å²) < 4.78 is 6.23. The average molecular weight is 264 g/mol. The van der Waals surface area contributed by atoms with Crippen LogP contribution in [0.15, 0.2) is 17.3 Å². The van der Waals surface area contributed by atoms with Crippen LogP contribution in [0.1, 0.15) is 36.5 Å². The molecule has 1 unspecified atom stereocenters. The molecule has 0 spiro atoms. The lowest BCUT2D eigenvalue weighted by Gasteiger charge is -2.24. The summed E-state index contributed by atoms with van der Waals surface area (Å²) in [6.07, 6.45) is 2.91. The van der Waals surface area contributed by atoms with E-state index in [0.717, 1.165) is 6.26 Å². The third-order valence-corrected chi connectivity index (χ3v) is 3.26. The van der Waals surface area contributed by atoms with Crippen LogP contribution in [-0.2, 0) is 11.3 Å². The molecule has 0 amide bonds. The van der Waals surface area contributed by atoms with Gasteiger partial charge in [0, 0.05) is 18.3 Å². The van der Waals surface area contributed by atoms with Crippen LogP contribution in [0.25, 0.3) is 5.57 Å². The number of aromatic nitrogens is 2. The Hall–Kier alpha value is -2.11. The predicted octanol–water partition coefficient (Wildman–Crippen LogP) is 1.36. The summed E-state index contributed by atoms with van der Waals surface area (Å²) in [5, 5.41) is 9.25. The van der Waals surface area contributed by atoms with Gasteiger partial charge >= 0.3 is 5.97 Å². The summed E-state index contributed by atoms with van der Waals surface area (Å²) in [6.45, 7) is 4.32. The van der Waals surface area contributed by atoms with Gasteiger partial charge in [0.2, 0.25) is 0 Å². The first-order valence-corrected chi connectivity index (χ1v) is 6.21. The highest BCUT2D eigenvalue weighted by atomic mass is 16.5. The first-order chi connectivity index (χ1) is 9.10. The Labute approximate surface area is 110 Å². The normalized spacial score (nSPS) is 20.1. The molecule has 1 N–H and O–H groups in total. The van der Waals surface area contributed by atoms with Gasteiger partial charge in [-0.1, -0.05) is 6.92 Å². The fourth-order valence-electron chi connectivity index (χ4n) is 2.16. The first kappa shape index (κ1) is 13.3. The zero-order chi connectivity index (χ0) is 14.0. The number of rotatable bonds is 2. The van der Waals surface area contributed by atoms with Gasteiger partial charge in [-0.3, -0.25) is 9.36 Å². The van der Waals surface area contributed by atoms with E-state index in [4.69, 9.17) is 4.74 Å². The second kappa shape index (κ2) is 5.26. The molecule has 6 heteroatoms. The molecule has 0 radical (unpaired) electrons. The molecule has 2 rings (SSSR count). The standard InChI is InChI=1S/C13H16N2O4/c1-3-19-13(18)9-6-14-11-10(7-16)8(2)4-5-15(11)12(9)17/h6-8,16H,3-5H2,1-2H3/b10-7+. The van der Waals surface area contributed by atoms with Crippen molar-refractivity contribution in [2.75, 3.05) is 6.61 Å². The Kier molecular flexibility index (Phi) is 3.69. The summed E-state index contributed by atoms with van der Waals surface area (Å²) in [6, 6.07) is 0. The number of aliphatic hydroxyl groups is 1. The lowest BCUT2D eigenvalue weighted by Crippen LogP contribution is -2.34. The van der Waals surface area contributed by atoms with E-state index in [0.29, 0.717) is 24.4 Å². The highest BCUT2D eigenvalue weighted by Crippen LogP contribution is 2.28. The maximum Gasteiger partial charge on any atom is 0.345 e. The molecule has 6 nitrogen and oxygen atoms in total. The highest BCUT2D eigenvalue weighted by Gasteiger charge is 2.25. The van der Waals surface area contributed by atoms with Gasteiger partial charge in [-0.2, -0.15) is 0 Å². The summed E-state index contributed by atoms with van der Waals surface area (Å²) in [5.41, 5.74) is 0.117. The van der Waals surface area contributed by atoms with Crippen molar-refractivity contribution in [1.82, 2.24) is 9.55 Å². The Morgan fingerprint density at radius 2 is 2.42 bits per heavy atom. The Balaban J connectivity index is 2.53. The van der Waals surface area contributed by atoms with Crippen molar-refractivity contribution in [3.63, 3.8) is 0 Å². The van der Waals surface area contributed by atoms with Gasteiger partial charge in [0.25, 0.3) is 5.56 Å². The number of carbonyl (C=O) groups is 1. The topological polar surface area (TPSA) is 81.4 Å². The lowest BCUT2D eigenvalue weighted by molar-refractivity contribution is 0.0522. The summed E-state index contributed by atoms with van der Waals surface area (Å²) in [5.74, 6) is -0.118. The second-order valence-electron chi connectivity index (χ2n) is 4.45. The van der Waals surface area contributed by atoms with Crippen molar-refractivity contribution in [1.29, 1.82) is 0 Å². The van der Waals surface area contributed by atoms with Crippen molar-refractivity contribution in [2.24, 2.45) is 5.92 Å². The number of esters is 1. The van der Waals surface area contributed by atoms with E-state index >= 15 is 0 Å². The number of aliphatic hydroxyl groups excluding tert-OH is 1. The number of fused-ring (bicyclic) bond motifs is 1. The Morgan fingerprint density at radius 3 is 3.05 bits per heavy atom. The van der Waals surface area contributed by atoms with Crippen molar-refractivity contribution in [3.05, 3.63) is 34.2 Å². The summed E-state index contributed by atoms with van der Waals surface area (Å²) in [4.78, 5) is 28.0. The third-order valence-electron chi connectivity index (χ3n) is 3.26. The van der Waals surface area contributed by atoms with E-state index in [1.165, 1.54) is 10.8 Å². The molecule has 1 atom stereocenters. The van der Waals surface area contributed by atoms with Crippen LogP contribution in [0.3, 0.4) is 0 Å². The zero-order valence-electron chi connectivity index (χ0n) is 10.9. The minimum absolute atomic E-state index is 0.0718. The summed E-state index contributed by atoms with van der Waals surface area (Å²) in [7, 11) is 0. The molecule has 19 heavy (non-hydrogen) atoms. The molecule has 0 saturated carbocycles. The van der Waals surface area contributed by atoms with Gasteiger partial charge in [0.15, 0.2) is 0 Å². The smallest absolute Gasteiger partial charge is 0.345 e. The lowest BCUT2D eigenvalue weighted by atomic mass is 9.94. The van der Waals surface area contributed by atoms with Crippen molar-refractivity contribution >= 4 is 11.5 Å². The minimum Gasteiger partial charge on any atom is -0.515 e. The van der Waals surface area contributed by atoms with Crippen LogP contribution in [0.2, 0.25) is 0 Å². The van der Waals surface area contributed by atoms with Gasteiger partial charge in [0.1, 0.15) is 11.4 Å². The molecule has 0 aromatic carbocycles. The average Bonchev–Trinajstić information content (AvgIpc) is 2.39. The number of hydrogen-bond donors (Lipinski definition) is 1. The van der Waals surface area contributed by atoms with Gasteiger partial charge in [-0.05, 0) is 19.3 Å². The van der Waals surface area contributed by atoms with Gasteiger partial charge < -0.3 is 9.84 Å². The Bertz CT molecular complexity index is 589. The molecule has 102 valence electrons. The van der Waals surface area contributed by atoms with Crippen molar-refractivity contribution in [2.45, 2.75) is 26.8 Å². The van der Waals surface area contributed by atoms with Crippen LogP contribution < -0.4 is 5.56 Å². The number of ether oxygens (including phenoxy) is 1. The van der Waals surface area contributed by atoms with Crippen LogP contribution in [0, 0.1) is 5.92 Å². The molecule has 1 aliphatic rings. The monoisotopic (exact) mass is 264 g/mol. The van der Waals surface area contributed by atoms with Crippen LogP contribution in [0.5, 0.6) is 0 Å². The van der Waals surface area contributed by atoms with E-state index in [1.807, 2.05) is 6.92 Å². The molecular formula is C13H16N2O4. The minimum atomic E-state index is -0.663. The largest absolute Gasteiger partial charge is 0.515 e. The van der Waals surface area contributed by atoms with Crippen molar-refractivity contribution in [3.8, 4) is 0 Å². The molecule has 1 aromatic rings. The molecule has 2 heterocycles. The quantitative estimate of drug-likeness (QED) is 0.644. The molecule has 0 bridgehead atoms. The van der Waals surface area contributed by atoms with Crippen LogP contribution in [0.4, 0.5) is 0 Å². The molecule has 0 fully saturated rings. The van der Waals surface area contributed by atoms with Gasteiger partial charge in [0.05, 0.1) is 12.9 Å². The van der Waals surface area contributed by atoms with E-state index in [2.05, 4.69) is 4.98 Å². The zero-order valence-corrected chi connectivity index (χ0v) is 10.9. The molecule has 1 aliphatic heterocycles. The SMILES string of the molecule is CCOC(=O)c1cnc2n(c1=O)CCC(C)/C2=C\O. The first-order valence-electron chi connectivity index (χ1n) is 6.21. The fraction of sp³-hybridized carbons (Fsp3) is 0.462. The van der Waals surface area contributed by atoms with E-state index in [9.17, 15) is 14.7 Å². The molecule has 1 aromatic heterocycles. The number of hydrogen-bond acceptors (Lipinski definition) is 5. The summed E-state index contributed by atoms with van der Waals surface area (Å²) >= 11 is 0. The molecule has 0 saturated heterocycles. The van der Waals surface area contributed by atoms with E-state index in [-0.39, 0.29) is 18.1 Å². The predicted molar refractivity (Wildman–Crippen MR) is 68.8 cm³/mol. The highest BCUT2D eigenvalue weighted by molar-refractivity contribution is 5.88. The maximum absolute atomic E-state index is 12.2. The maximum atomic E-state index is 12.2. The van der Waals surface area contributed by atoms with Gasteiger partial charge in [-0.25, -0.2) is 9.78 Å². The van der Waals surface area contributed by atoms with E-state index < -0.39 is 11.5 Å². The number of carbonyl (C=O) groups excluding carboxylic acids is 1. The van der Waals surface area contributed by atoms with Gasteiger partial charge in [-0.15, -0.1) is 0 Å². The Morgan fingerprint density at radius 1 is 1.68 bits per heavy atom.